The standard InChI is InChI=1S/C25H22O3/c1-27-24(18-25(26)28-2)23-11-7-6-10-22(23)17-14-19-12-15-21(16-13-19)20-8-4-3-5-9-20/h3-18H,1-2H3/b17-14+,24-18+. The second-order valence-corrected chi connectivity index (χ2v) is 6.14. The molecule has 0 saturated carbocycles. The fourth-order valence-electron chi connectivity index (χ4n) is 2.88. The Morgan fingerprint density at radius 2 is 1.36 bits per heavy atom. The Hall–Kier alpha value is -3.59. The van der Waals surface area contributed by atoms with Gasteiger partial charge in [0.05, 0.1) is 20.3 Å². The van der Waals surface area contributed by atoms with E-state index in [1.165, 1.54) is 31.4 Å². The van der Waals surface area contributed by atoms with Crippen LogP contribution in [-0.2, 0) is 14.3 Å². The maximum Gasteiger partial charge on any atom is 0.334 e. The van der Waals surface area contributed by atoms with Crippen molar-refractivity contribution in [3.05, 3.63) is 102 Å². The minimum absolute atomic E-state index is 0.452. The van der Waals surface area contributed by atoms with Crippen molar-refractivity contribution in [2.24, 2.45) is 0 Å². The zero-order valence-electron chi connectivity index (χ0n) is 16.0. The van der Waals surface area contributed by atoms with E-state index in [-0.39, 0.29) is 0 Å². The maximum atomic E-state index is 11.6. The Bertz CT molecular complexity index is 984. The summed E-state index contributed by atoms with van der Waals surface area (Å²) in [4.78, 5) is 11.6. The highest BCUT2D eigenvalue weighted by atomic mass is 16.5. The number of methoxy groups -OCH3 is 2. The number of carbonyl (C=O) groups is 1. The number of benzene rings is 3. The highest BCUT2D eigenvalue weighted by Crippen LogP contribution is 2.23. The number of hydrogen-bond acceptors (Lipinski definition) is 3. The highest BCUT2D eigenvalue weighted by molar-refractivity contribution is 5.91. The molecule has 0 bridgehead atoms. The van der Waals surface area contributed by atoms with Crippen LogP contribution in [-0.4, -0.2) is 20.2 Å². The summed E-state index contributed by atoms with van der Waals surface area (Å²) < 4.78 is 10.1. The van der Waals surface area contributed by atoms with Gasteiger partial charge in [0.1, 0.15) is 5.76 Å². The number of ether oxygens (including phenoxy) is 2. The average molecular weight is 370 g/mol. The Morgan fingerprint density at radius 3 is 2.04 bits per heavy atom. The molecule has 0 aliphatic carbocycles. The van der Waals surface area contributed by atoms with Gasteiger partial charge in [0, 0.05) is 5.56 Å². The molecule has 140 valence electrons. The molecule has 0 aromatic heterocycles. The van der Waals surface area contributed by atoms with Gasteiger partial charge in [-0.1, -0.05) is 91.0 Å². The molecule has 3 nitrogen and oxygen atoms in total. The average Bonchev–Trinajstić information content (AvgIpc) is 2.77. The molecular formula is C25H22O3. The predicted octanol–water partition coefficient (Wildman–Crippen LogP) is 5.68. The van der Waals surface area contributed by atoms with Crippen LogP contribution in [0, 0.1) is 0 Å². The minimum atomic E-state index is -0.452. The molecule has 0 saturated heterocycles. The summed E-state index contributed by atoms with van der Waals surface area (Å²) >= 11 is 0. The number of hydrogen-bond donors (Lipinski definition) is 0. The molecule has 0 N–H and O–H groups in total. The molecule has 0 atom stereocenters. The molecule has 0 fully saturated rings. The van der Waals surface area contributed by atoms with Crippen LogP contribution in [0.15, 0.2) is 84.9 Å². The Balaban J connectivity index is 1.85. The van der Waals surface area contributed by atoms with Gasteiger partial charge in [-0.15, -0.1) is 0 Å². The van der Waals surface area contributed by atoms with Crippen LogP contribution in [0.1, 0.15) is 16.7 Å². The lowest BCUT2D eigenvalue weighted by molar-refractivity contribution is -0.134. The molecule has 28 heavy (non-hydrogen) atoms. The summed E-state index contributed by atoms with van der Waals surface area (Å²) in [6.07, 6.45) is 5.40. The SMILES string of the molecule is COC(=O)/C=C(/OC)c1ccccc1/C=C/c1ccc(-c2ccccc2)cc1. The largest absolute Gasteiger partial charge is 0.496 e. The van der Waals surface area contributed by atoms with Crippen molar-refractivity contribution in [2.75, 3.05) is 14.2 Å². The van der Waals surface area contributed by atoms with E-state index in [4.69, 9.17) is 9.47 Å². The fraction of sp³-hybridized carbons (Fsp3) is 0.0800. The highest BCUT2D eigenvalue weighted by Gasteiger charge is 2.08. The normalized spacial score (nSPS) is 11.4. The van der Waals surface area contributed by atoms with Crippen LogP contribution < -0.4 is 0 Å². The molecule has 0 aliphatic heterocycles. The summed E-state index contributed by atoms with van der Waals surface area (Å²) in [5.74, 6) is 0.0126. The van der Waals surface area contributed by atoms with Gasteiger partial charge in [0.2, 0.25) is 0 Å². The van der Waals surface area contributed by atoms with E-state index in [0.717, 1.165) is 16.7 Å². The van der Waals surface area contributed by atoms with E-state index < -0.39 is 5.97 Å². The van der Waals surface area contributed by atoms with Crippen molar-refractivity contribution < 1.29 is 14.3 Å². The molecule has 0 aliphatic rings. The van der Waals surface area contributed by atoms with Gasteiger partial charge in [-0.05, 0) is 22.3 Å². The predicted molar refractivity (Wildman–Crippen MR) is 114 cm³/mol. The molecule has 0 radical (unpaired) electrons. The van der Waals surface area contributed by atoms with Crippen molar-refractivity contribution in [2.45, 2.75) is 0 Å². The fourth-order valence-corrected chi connectivity index (χ4v) is 2.88. The topological polar surface area (TPSA) is 35.5 Å². The van der Waals surface area contributed by atoms with E-state index in [9.17, 15) is 4.79 Å². The van der Waals surface area contributed by atoms with Gasteiger partial charge in [-0.3, -0.25) is 0 Å². The molecule has 0 spiro atoms. The maximum absolute atomic E-state index is 11.6. The molecule has 3 heteroatoms. The zero-order chi connectivity index (χ0) is 19.8. The van der Waals surface area contributed by atoms with Crippen LogP contribution in [0.25, 0.3) is 29.0 Å². The summed E-state index contributed by atoms with van der Waals surface area (Å²) in [5.41, 5.74) is 5.24. The van der Waals surface area contributed by atoms with Crippen LogP contribution in [0.4, 0.5) is 0 Å². The van der Waals surface area contributed by atoms with Gasteiger partial charge in [0.15, 0.2) is 0 Å². The van der Waals surface area contributed by atoms with Crippen molar-refractivity contribution in [3.8, 4) is 11.1 Å². The second-order valence-electron chi connectivity index (χ2n) is 6.14. The van der Waals surface area contributed by atoms with Crippen molar-refractivity contribution in [3.63, 3.8) is 0 Å². The third kappa shape index (κ3) is 4.77. The van der Waals surface area contributed by atoms with Crippen LogP contribution >= 0.6 is 0 Å². The third-order valence-corrected chi connectivity index (χ3v) is 4.37. The molecular weight excluding hydrogens is 348 g/mol. The zero-order valence-corrected chi connectivity index (χ0v) is 16.0. The van der Waals surface area contributed by atoms with Crippen molar-refractivity contribution in [1.29, 1.82) is 0 Å². The summed E-state index contributed by atoms with van der Waals surface area (Å²) in [6.45, 7) is 0. The van der Waals surface area contributed by atoms with Crippen LogP contribution in [0.3, 0.4) is 0 Å². The van der Waals surface area contributed by atoms with Gasteiger partial charge in [-0.25, -0.2) is 4.79 Å². The summed E-state index contributed by atoms with van der Waals surface area (Å²) in [6, 6.07) is 26.4. The molecule has 3 aromatic carbocycles. The lowest BCUT2D eigenvalue weighted by Crippen LogP contribution is -1.99. The van der Waals surface area contributed by atoms with E-state index in [1.807, 2.05) is 54.6 Å². The Kier molecular flexibility index (Phi) is 6.42. The number of rotatable bonds is 6. The summed E-state index contributed by atoms with van der Waals surface area (Å²) in [7, 11) is 2.88. The first-order valence-electron chi connectivity index (χ1n) is 8.98. The van der Waals surface area contributed by atoms with Gasteiger partial charge < -0.3 is 9.47 Å². The first-order valence-corrected chi connectivity index (χ1v) is 8.98. The first-order chi connectivity index (χ1) is 13.7. The van der Waals surface area contributed by atoms with E-state index >= 15 is 0 Å². The minimum Gasteiger partial charge on any atom is -0.496 e. The van der Waals surface area contributed by atoms with Crippen LogP contribution in [0.5, 0.6) is 0 Å². The third-order valence-electron chi connectivity index (χ3n) is 4.37. The molecule has 3 rings (SSSR count). The molecule has 0 heterocycles. The van der Waals surface area contributed by atoms with E-state index in [2.05, 4.69) is 36.4 Å². The smallest absolute Gasteiger partial charge is 0.334 e. The van der Waals surface area contributed by atoms with Crippen molar-refractivity contribution in [1.82, 2.24) is 0 Å². The van der Waals surface area contributed by atoms with Crippen LogP contribution in [0.2, 0.25) is 0 Å². The first kappa shape index (κ1) is 19.2. The molecule has 0 unspecified atom stereocenters. The molecule has 3 aromatic rings. The van der Waals surface area contributed by atoms with E-state index in [0.29, 0.717) is 5.76 Å². The van der Waals surface area contributed by atoms with Gasteiger partial charge in [-0.2, -0.15) is 0 Å². The number of carbonyl (C=O) groups excluding carboxylic acids is 1. The van der Waals surface area contributed by atoms with Gasteiger partial charge in [0.25, 0.3) is 0 Å². The summed E-state index contributed by atoms with van der Waals surface area (Å²) in [5, 5.41) is 0. The lowest BCUT2D eigenvalue weighted by atomic mass is 10.0. The quantitative estimate of drug-likeness (QED) is 0.242. The lowest BCUT2D eigenvalue weighted by Gasteiger charge is -2.09. The number of esters is 1. The molecule has 0 amide bonds. The van der Waals surface area contributed by atoms with Crippen molar-refractivity contribution >= 4 is 23.9 Å². The monoisotopic (exact) mass is 370 g/mol. The Labute approximate surface area is 165 Å². The van der Waals surface area contributed by atoms with Gasteiger partial charge >= 0.3 is 5.97 Å². The Morgan fingerprint density at radius 1 is 0.714 bits per heavy atom. The van der Waals surface area contributed by atoms with E-state index in [1.54, 1.807) is 0 Å². The second kappa shape index (κ2) is 9.38.